The van der Waals surface area contributed by atoms with Crippen LogP contribution < -0.4 is 15.4 Å². The molecule has 0 aliphatic heterocycles. The van der Waals surface area contributed by atoms with E-state index in [4.69, 9.17) is 21.1 Å². The predicted molar refractivity (Wildman–Crippen MR) is 101 cm³/mol. The van der Waals surface area contributed by atoms with Crippen LogP contribution in [0.4, 0.5) is 5.69 Å². The SMILES string of the molecule is CCOC(=O)c1ccc(NC(=O)CNC(=O)COc2ccc(Cl)cc2)cc1. The van der Waals surface area contributed by atoms with Crippen molar-refractivity contribution >= 4 is 35.1 Å². The maximum Gasteiger partial charge on any atom is 0.338 e. The first-order chi connectivity index (χ1) is 13.0. The van der Waals surface area contributed by atoms with Gasteiger partial charge in [0.1, 0.15) is 5.75 Å². The Morgan fingerprint density at radius 3 is 2.26 bits per heavy atom. The second-order valence-corrected chi connectivity index (χ2v) is 5.80. The number of carbonyl (C=O) groups is 3. The van der Waals surface area contributed by atoms with Crippen LogP contribution in [-0.2, 0) is 14.3 Å². The van der Waals surface area contributed by atoms with Crippen molar-refractivity contribution in [1.29, 1.82) is 0 Å². The first-order valence-electron chi connectivity index (χ1n) is 8.20. The molecule has 2 N–H and O–H groups in total. The molecule has 0 bridgehead atoms. The molecule has 2 aromatic carbocycles. The summed E-state index contributed by atoms with van der Waals surface area (Å²) in [5, 5.41) is 5.64. The van der Waals surface area contributed by atoms with Gasteiger partial charge in [0.25, 0.3) is 5.91 Å². The van der Waals surface area contributed by atoms with Crippen LogP contribution in [0.5, 0.6) is 5.75 Å². The van der Waals surface area contributed by atoms with Gasteiger partial charge < -0.3 is 20.1 Å². The molecule has 0 heterocycles. The molecule has 0 unspecified atom stereocenters. The van der Waals surface area contributed by atoms with Crippen molar-refractivity contribution in [3.8, 4) is 5.75 Å². The first kappa shape index (κ1) is 20.3. The molecule has 0 fully saturated rings. The van der Waals surface area contributed by atoms with E-state index in [2.05, 4.69) is 10.6 Å². The normalized spacial score (nSPS) is 10.0. The molecule has 8 heteroatoms. The van der Waals surface area contributed by atoms with Crippen LogP contribution in [0.1, 0.15) is 17.3 Å². The lowest BCUT2D eigenvalue weighted by Gasteiger charge is -2.09. The second-order valence-electron chi connectivity index (χ2n) is 5.37. The standard InChI is InChI=1S/C19H19ClN2O5/c1-2-26-19(25)13-3-7-15(8-4-13)22-17(23)11-21-18(24)12-27-16-9-5-14(20)6-10-16/h3-10H,2,11-12H2,1H3,(H,21,24)(H,22,23). The number of hydrogen-bond acceptors (Lipinski definition) is 5. The smallest absolute Gasteiger partial charge is 0.338 e. The zero-order valence-corrected chi connectivity index (χ0v) is 15.4. The molecule has 2 rings (SSSR count). The van der Waals surface area contributed by atoms with Crippen LogP contribution in [0, 0.1) is 0 Å². The highest BCUT2D eigenvalue weighted by atomic mass is 35.5. The zero-order chi connectivity index (χ0) is 19.6. The highest BCUT2D eigenvalue weighted by Gasteiger charge is 2.09. The third-order valence-electron chi connectivity index (χ3n) is 3.31. The lowest BCUT2D eigenvalue weighted by molar-refractivity contribution is -0.125. The highest BCUT2D eigenvalue weighted by Crippen LogP contribution is 2.15. The van der Waals surface area contributed by atoms with Crippen molar-refractivity contribution in [3.63, 3.8) is 0 Å². The van der Waals surface area contributed by atoms with Crippen molar-refractivity contribution < 1.29 is 23.9 Å². The van der Waals surface area contributed by atoms with Crippen LogP contribution in [0.25, 0.3) is 0 Å². The second kappa shape index (κ2) is 10.2. The topological polar surface area (TPSA) is 93.7 Å². The number of ether oxygens (including phenoxy) is 2. The Morgan fingerprint density at radius 2 is 1.63 bits per heavy atom. The summed E-state index contributed by atoms with van der Waals surface area (Å²) in [7, 11) is 0. The van der Waals surface area contributed by atoms with E-state index in [1.807, 2.05) is 0 Å². The maximum atomic E-state index is 11.9. The van der Waals surface area contributed by atoms with Crippen molar-refractivity contribution in [2.75, 3.05) is 25.1 Å². The van der Waals surface area contributed by atoms with E-state index >= 15 is 0 Å². The van der Waals surface area contributed by atoms with E-state index < -0.39 is 17.8 Å². The van der Waals surface area contributed by atoms with Crippen molar-refractivity contribution in [2.45, 2.75) is 6.92 Å². The summed E-state index contributed by atoms with van der Waals surface area (Å²) >= 11 is 5.76. The van der Waals surface area contributed by atoms with E-state index in [-0.39, 0.29) is 13.2 Å². The highest BCUT2D eigenvalue weighted by molar-refractivity contribution is 6.30. The van der Waals surface area contributed by atoms with E-state index in [0.717, 1.165) is 0 Å². The Labute approximate surface area is 161 Å². The van der Waals surface area contributed by atoms with Gasteiger partial charge in [0, 0.05) is 10.7 Å². The van der Waals surface area contributed by atoms with Gasteiger partial charge in [-0.05, 0) is 55.5 Å². The van der Waals surface area contributed by atoms with Gasteiger partial charge in [-0.1, -0.05) is 11.6 Å². The summed E-state index contributed by atoms with van der Waals surface area (Å²) in [6.45, 7) is 1.59. The predicted octanol–water partition coefficient (Wildman–Crippen LogP) is 2.65. The van der Waals surface area contributed by atoms with Crippen molar-refractivity contribution in [2.24, 2.45) is 0 Å². The number of hydrogen-bond donors (Lipinski definition) is 2. The van der Waals surface area contributed by atoms with Crippen molar-refractivity contribution in [1.82, 2.24) is 5.32 Å². The molecule has 27 heavy (non-hydrogen) atoms. The van der Waals surface area contributed by atoms with E-state index in [1.54, 1.807) is 55.5 Å². The number of esters is 1. The Bertz CT molecular complexity index is 791. The fraction of sp³-hybridized carbons (Fsp3) is 0.211. The zero-order valence-electron chi connectivity index (χ0n) is 14.7. The van der Waals surface area contributed by atoms with Crippen LogP contribution in [0.2, 0.25) is 5.02 Å². The third-order valence-corrected chi connectivity index (χ3v) is 3.56. The van der Waals surface area contributed by atoms with E-state index in [0.29, 0.717) is 28.6 Å². The summed E-state index contributed by atoms with van der Waals surface area (Å²) in [4.78, 5) is 35.2. The summed E-state index contributed by atoms with van der Waals surface area (Å²) in [5.74, 6) is -0.763. The average molecular weight is 391 g/mol. The van der Waals surface area contributed by atoms with Gasteiger partial charge in [-0.2, -0.15) is 0 Å². The summed E-state index contributed by atoms with van der Waals surface area (Å²) in [5.41, 5.74) is 0.891. The van der Waals surface area contributed by atoms with Crippen LogP contribution in [0.15, 0.2) is 48.5 Å². The monoisotopic (exact) mass is 390 g/mol. The molecular formula is C19H19ClN2O5. The molecule has 0 saturated carbocycles. The Kier molecular flexibility index (Phi) is 7.63. The van der Waals surface area contributed by atoms with E-state index in [1.165, 1.54) is 0 Å². The lowest BCUT2D eigenvalue weighted by atomic mass is 10.2. The number of carbonyl (C=O) groups excluding carboxylic acids is 3. The molecule has 7 nitrogen and oxygen atoms in total. The number of rotatable bonds is 8. The molecule has 0 radical (unpaired) electrons. The Balaban J connectivity index is 1.72. The van der Waals surface area contributed by atoms with Crippen LogP contribution in [-0.4, -0.2) is 37.5 Å². The van der Waals surface area contributed by atoms with Gasteiger partial charge in [0.2, 0.25) is 5.91 Å². The van der Waals surface area contributed by atoms with Crippen LogP contribution >= 0.6 is 11.6 Å². The third kappa shape index (κ3) is 6.99. The largest absolute Gasteiger partial charge is 0.484 e. The van der Waals surface area contributed by atoms with Gasteiger partial charge >= 0.3 is 5.97 Å². The Hall–Kier alpha value is -3.06. The molecule has 0 spiro atoms. The molecule has 2 aromatic rings. The number of anilines is 1. The average Bonchev–Trinajstić information content (AvgIpc) is 2.66. The first-order valence-corrected chi connectivity index (χ1v) is 8.58. The minimum atomic E-state index is -0.433. The molecule has 0 aliphatic carbocycles. The van der Waals surface area contributed by atoms with Crippen molar-refractivity contribution in [3.05, 3.63) is 59.1 Å². The number of amides is 2. The molecule has 0 aliphatic rings. The fourth-order valence-electron chi connectivity index (χ4n) is 2.02. The fourth-order valence-corrected chi connectivity index (χ4v) is 2.14. The summed E-state index contributed by atoms with van der Waals surface area (Å²) in [6.07, 6.45) is 0. The minimum absolute atomic E-state index is 0.206. The summed E-state index contributed by atoms with van der Waals surface area (Å²) < 4.78 is 10.2. The molecule has 0 aromatic heterocycles. The molecule has 2 amide bonds. The van der Waals surface area contributed by atoms with Gasteiger partial charge in [-0.3, -0.25) is 9.59 Å². The number of nitrogens with one attached hydrogen (secondary N) is 2. The van der Waals surface area contributed by atoms with Gasteiger partial charge in [-0.25, -0.2) is 4.79 Å². The molecule has 0 atom stereocenters. The van der Waals surface area contributed by atoms with Gasteiger partial charge in [0.15, 0.2) is 6.61 Å². The number of benzene rings is 2. The number of halogens is 1. The maximum absolute atomic E-state index is 11.9. The van der Waals surface area contributed by atoms with Gasteiger partial charge in [0.05, 0.1) is 18.7 Å². The quantitative estimate of drug-likeness (QED) is 0.676. The van der Waals surface area contributed by atoms with Crippen LogP contribution in [0.3, 0.4) is 0 Å². The van der Waals surface area contributed by atoms with Gasteiger partial charge in [-0.15, -0.1) is 0 Å². The Morgan fingerprint density at radius 1 is 0.963 bits per heavy atom. The summed E-state index contributed by atoms with van der Waals surface area (Å²) in [6, 6.07) is 12.8. The molecule has 142 valence electrons. The lowest BCUT2D eigenvalue weighted by Crippen LogP contribution is -2.35. The molecular weight excluding hydrogens is 372 g/mol. The minimum Gasteiger partial charge on any atom is -0.484 e. The molecule has 0 saturated heterocycles. The van der Waals surface area contributed by atoms with E-state index in [9.17, 15) is 14.4 Å².